The summed E-state index contributed by atoms with van der Waals surface area (Å²) in [4.78, 5) is 20.6. The Labute approximate surface area is 109 Å². The molecule has 0 atom stereocenters. The molecule has 18 heavy (non-hydrogen) atoms. The Bertz CT molecular complexity index is 507. The highest BCUT2D eigenvalue weighted by Crippen LogP contribution is 2.23. The van der Waals surface area contributed by atoms with E-state index in [4.69, 9.17) is 4.74 Å². The molecule has 0 aliphatic carbocycles. The standard InChI is InChI=1S/C11H14N4O2S/c1-3-17-9(16)8-7(2)14-11(18-8)15-10-12-5-4-6-13-10/h4-5H,3,6H2,1-2H3,(H2,12,13,14,15). The molecule has 1 aliphatic heterocycles. The van der Waals surface area contributed by atoms with Crippen molar-refractivity contribution in [2.75, 3.05) is 18.5 Å². The highest BCUT2D eigenvalue weighted by atomic mass is 32.1. The zero-order valence-electron chi connectivity index (χ0n) is 10.2. The molecule has 7 heteroatoms. The monoisotopic (exact) mass is 266 g/mol. The molecule has 96 valence electrons. The summed E-state index contributed by atoms with van der Waals surface area (Å²) in [6, 6.07) is 0. The molecule has 0 fully saturated rings. The van der Waals surface area contributed by atoms with Gasteiger partial charge in [-0.2, -0.15) is 0 Å². The number of aromatic nitrogens is 1. The van der Waals surface area contributed by atoms with E-state index < -0.39 is 0 Å². The first-order valence-electron chi connectivity index (χ1n) is 5.58. The lowest BCUT2D eigenvalue weighted by Gasteiger charge is -2.09. The average Bonchev–Trinajstić information content (AvgIpc) is 2.72. The van der Waals surface area contributed by atoms with Crippen LogP contribution in [0.25, 0.3) is 0 Å². The van der Waals surface area contributed by atoms with Crippen molar-refractivity contribution >= 4 is 28.4 Å². The summed E-state index contributed by atoms with van der Waals surface area (Å²) in [5, 5.41) is 6.61. The normalized spacial score (nSPS) is 13.8. The van der Waals surface area contributed by atoms with Crippen molar-refractivity contribution in [3.63, 3.8) is 0 Å². The third-order valence-corrected chi connectivity index (χ3v) is 3.23. The maximum Gasteiger partial charge on any atom is 0.350 e. The zero-order valence-corrected chi connectivity index (χ0v) is 11.0. The number of nitrogens with one attached hydrogen (secondary N) is 2. The van der Waals surface area contributed by atoms with Gasteiger partial charge in [-0.25, -0.2) is 14.8 Å². The number of hydrogen-bond donors (Lipinski definition) is 2. The van der Waals surface area contributed by atoms with Gasteiger partial charge in [0, 0.05) is 6.20 Å². The molecule has 0 aromatic carbocycles. The third kappa shape index (κ3) is 2.86. The van der Waals surface area contributed by atoms with Gasteiger partial charge in [-0.05, 0) is 19.9 Å². The molecule has 6 nitrogen and oxygen atoms in total. The van der Waals surface area contributed by atoms with E-state index in [0.717, 1.165) is 0 Å². The minimum atomic E-state index is -0.334. The molecule has 1 aromatic heterocycles. The van der Waals surface area contributed by atoms with Gasteiger partial charge >= 0.3 is 5.97 Å². The lowest BCUT2D eigenvalue weighted by molar-refractivity contribution is 0.0531. The van der Waals surface area contributed by atoms with Gasteiger partial charge in [0.15, 0.2) is 5.13 Å². The van der Waals surface area contributed by atoms with E-state index >= 15 is 0 Å². The molecule has 0 amide bonds. The van der Waals surface area contributed by atoms with Crippen LogP contribution in [0.2, 0.25) is 0 Å². The second kappa shape index (κ2) is 5.63. The highest BCUT2D eigenvalue weighted by Gasteiger charge is 2.16. The van der Waals surface area contributed by atoms with Crippen molar-refractivity contribution in [3.8, 4) is 0 Å². The summed E-state index contributed by atoms with van der Waals surface area (Å²) in [5.74, 6) is 0.292. The van der Waals surface area contributed by atoms with E-state index in [1.165, 1.54) is 11.3 Å². The molecule has 0 saturated heterocycles. The van der Waals surface area contributed by atoms with Gasteiger partial charge in [-0.1, -0.05) is 11.3 Å². The Balaban J connectivity index is 2.08. The van der Waals surface area contributed by atoms with Crippen LogP contribution in [-0.2, 0) is 4.74 Å². The van der Waals surface area contributed by atoms with Crippen LogP contribution < -0.4 is 10.6 Å². The van der Waals surface area contributed by atoms with Crippen LogP contribution in [0.5, 0.6) is 0 Å². The number of rotatable bonds is 3. The maximum atomic E-state index is 11.6. The van der Waals surface area contributed by atoms with Crippen LogP contribution >= 0.6 is 11.3 Å². The molecule has 1 aliphatic rings. The van der Waals surface area contributed by atoms with Gasteiger partial charge in [-0.3, -0.25) is 0 Å². The molecule has 1 aromatic rings. The molecule has 0 spiro atoms. The Morgan fingerprint density at radius 2 is 2.50 bits per heavy atom. The van der Waals surface area contributed by atoms with E-state index in [0.29, 0.717) is 34.8 Å². The fourth-order valence-corrected chi connectivity index (χ4v) is 2.25. The minimum absolute atomic E-state index is 0.334. The summed E-state index contributed by atoms with van der Waals surface area (Å²) in [6.45, 7) is 4.55. The number of esters is 1. The van der Waals surface area contributed by atoms with Gasteiger partial charge in [0.2, 0.25) is 5.96 Å². The Kier molecular flexibility index (Phi) is 3.93. The molecule has 0 saturated carbocycles. The number of hydrogen-bond acceptors (Lipinski definition) is 7. The second-order valence-electron chi connectivity index (χ2n) is 3.52. The number of nitrogens with zero attached hydrogens (tertiary/aromatic N) is 2. The number of guanidine groups is 1. The van der Waals surface area contributed by atoms with Crippen molar-refractivity contribution in [3.05, 3.63) is 22.8 Å². The molecule has 2 heterocycles. The average molecular weight is 266 g/mol. The minimum Gasteiger partial charge on any atom is -0.462 e. The fourth-order valence-electron chi connectivity index (χ4n) is 1.39. The van der Waals surface area contributed by atoms with Crippen LogP contribution in [0, 0.1) is 6.92 Å². The molecule has 0 unspecified atom stereocenters. The van der Waals surface area contributed by atoms with Gasteiger partial charge < -0.3 is 15.4 Å². The van der Waals surface area contributed by atoms with E-state index in [1.54, 1.807) is 13.8 Å². The Morgan fingerprint density at radius 1 is 1.67 bits per heavy atom. The first-order chi connectivity index (χ1) is 8.70. The first-order valence-corrected chi connectivity index (χ1v) is 6.40. The smallest absolute Gasteiger partial charge is 0.350 e. The number of anilines is 1. The Hall–Kier alpha value is -1.89. The molecular formula is C11H14N4O2S. The number of carbonyl (C=O) groups excluding carboxylic acids is 1. The molecular weight excluding hydrogens is 252 g/mol. The third-order valence-electron chi connectivity index (χ3n) is 2.18. The van der Waals surface area contributed by atoms with Gasteiger partial charge in [0.05, 0.1) is 18.8 Å². The number of carbonyl (C=O) groups is 1. The van der Waals surface area contributed by atoms with Crippen LogP contribution in [0.1, 0.15) is 22.3 Å². The molecule has 2 N–H and O–H groups in total. The number of aryl methyl sites for hydroxylation is 1. The molecule has 0 radical (unpaired) electrons. The predicted molar refractivity (Wildman–Crippen MR) is 71.0 cm³/mol. The van der Waals surface area contributed by atoms with E-state index in [1.807, 2.05) is 12.3 Å². The highest BCUT2D eigenvalue weighted by molar-refractivity contribution is 7.17. The van der Waals surface area contributed by atoms with E-state index in [9.17, 15) is 4.79 Å². The van der Waals surface area contributed by atoms with Crippen molar-refractivity contribution in [2.45, 2.75) is 13.8 Å². The number of aliphatic imine (C=N–C) groups is 1. The van der Waals surface area contributed by atoms with Crippen LogP contribution in [0.3, 0.4) is 0 Å². The second-order valence-corrected chi connectivity index (χ2v) is 4.51. The summed E-state index contributed by atoms with van der Waals surface area (Å²) >= 11 is 1.26. The van der Waals surface area contributed by atoms with Gasteiger partial charge in [0.25, 0.3) is 0 Å². The van der Waals surface area contributed by atoms with Crippen molar-refractivity contribution in [1.82, 2.24) is 10.3 Å². The lowest BCUT2D eigenvalue weighted by Crippen LogP contribution is -2.28. The summed E-state index contributed by atoms with van der Waals surface area (Å²) in [7, 11) is 0. The topological polar surface area (TPSA) is 75.6 Å². The predicted octanol–water partition coefficient (Wildman–Crippen LogP) is 1.51. The van der Waals surface area contributed by atoms with Gasteiger partial charge in [-0.15, -0.1) is 0 Å². The number of ether oxygens (including phenoxy) is 1. The summed E-state index contributed by atoms with van der Waals surface area (Å²) in [6.07, 6.45) is 3.71. The van der Waals surface area contributed by atoms with E-state index in [-0.39, 0.29) is 5.97 Å². The Morgan fingerprint density at radius 3 is 3.17 bits per heavy atom. The molecule has 2 rings (SSSR count). The van der Waals surface area contributed by atoms with Crippen LogP contribution in [0.15, 0.2) is 17.3 Å². The van der Waals surface area contributed by atoms with E-state index in [2.05, 4.69) is 20.6 Å². The zero-order chi connectivity index (χ0) is 13.0. The molecule has 0 bridgehead atoms. The maximum absolute atomic E-state index is 11.6. The SMILES string of the molecule is CCOC(=O)c1sc(NC2=NCC=CN2)nc1C. The summed E-state index contributed by atoms with van der Waals surface area (Å²) < 4.78 is 4.96. The van der Waals surface area contributed by atoms with Crippen molar-refractivity contribution in [2.24, 2.45) is 4.99 Å². The van der Waals surface area contributed by atoms with Crippen LogP contribution in [-0.4, -0.2) is 30.1 Å². The largest absolute Gasteiger partial charge is 0.462 e. The van der Waals surface area contributed by atoms with Crippen LogP contribution in [0.4, 0.5) is 5.13 Å². The summed E-state index contributed by atoms with van der Waals surface area (Å²) in [5.41, 5.74) is 0.660. The quantitative estimate of drug-likeness (QED) is 0.811. The first kappa shape index (κ1) is 12.6. The van der Waals surface area contributed by atoms with Crippen molar-refractivity contribution < 1.29 is 9.53 Å². The lowest BCUT2D eigenvalue weighted by atomic mass is 10.4. The number of thiazole rings is 1. The fraction of sp³-hybridized carbons (Fsp3) is 0.364. The van der Waals surface area contributed by atoms with Gasteiger partial charge in [0.1, 0.15) is 4.88 Å². The van der Waals surface area contributed by atoms with Crippen molar-refractivity contribution in [1.29, 1.82) is 0 Å².